The molecule has 2 aliphatic heterocycles. The first kappa shape index (κ1) is 14.5. The van der Waals surface area contributed by atoms with Crippen LogP contribution in [0.25, 0.3) is 0 Å². The Morgan fingerprint density at radius 1 is 1.39 bits per heavy atom. The van der Waals surface area contributed by atoms with Crippen molar-refractivity contribution in [3.63, 3.8) is 0 Å². The molecule has 1 saturated carbocycles. The number of carbonyl (C=O) groups is 1. The van der Waals surface area contributed by atoms with E-state index in [-0.39, 0.29) is 23.8 Å². The van der Waals surface area contributed by atoms with Gasteiger partial charge in [0.2, 0.25) is 5.91 Å². The highest BCUT2D eigenvalue weighted by Gasteiger charge is 2.41. The second-order valence-corrected chi connectivity index (χ2v) is 6.61. The molecule has 23 heavy (non-hydrogen) atoms. The van der Waals surface area contributed by atoms with Crippen LogP contribution in [-0.4, -0.2) is 41.8 Å². The molecule has 1 amide bonds. The summed E-state index contributed by atoms with van der Waals surface area (Å²) in [5, 5.41) is 9.61. The van der Waals surface area contributed by atoms with E-state index >= 15 is 0 Å². The van der Waals surface area contributed by atoms with Crippen LogP contribution in [-0.2, 0) is 4.79 Å². The van der Waals surface area contributed by atoms with E-state index in [9.17, 15) is 4.79 Å². The van der Waals surface area contributed by atoms with E-state index in [1.165, 1.54) is 0 Å². The Bertz CT molecular complexity index is 633. The van der Waals surface area contributed by atoms with Gasteiger partial charge in [0.05, 0.1) is 18.7 Å². The molecule has 6 heteroatoms. The van der Waals surface area contributed by atoms with Gasteiger partial charge in [0.25, 0.3) is 0 Å². The molecule has 0 bridgehead atoms. The maximum atomic E-state index is 12.9. The van der Waals surface area contributed by atoms with E-state index in [0.717, 1.165) is 37.1 Å². The zero-order valence-corrected chi connectivity index (χ0v) is 13.3. The summed E-state index contributed by atoms with van der Waals surface area (Å²) in [6.45, 7) is 0.616. The van der Waals surface area contributed by atoms with Crippen molar-refractivity contribution in [2.45, 2.75) is 37.8 Å². The predicted octanol–water partition coefficient (Wildman–Crippen LogP) is 1.74. The number of aromatic nitrogens is 1. The number of amides is 1. The van der Waals surface area contributed by atoms with Gasteiger partial charge in [-0.1, -0.05) is 6.42 Å². The van der Waals surface area contributed by atoms with E-state index in [1.54, 1.807) is 6.20 Å². The molecule has 1 aromatic heterocycles. The van der Waals surface area contributed by atoms with Crippen LogP contribution in [0.15, 0.2) is 23.4 Å². The summed E-state index contributed by atoms with van der Waals surface area (Å²) in [7, 11) is 2.00. The number of rotatable bonds is 2. The lowest BCUT2D eigenvalue weighted by Gasteiger charge is -2.35. The highest BCUT2D eigenvalue weighted by molar-refractivity contribution is 5.84. The van der Waals surface area contributed by atoms with Crippen LogP contribution in [0.4, 0.5) is 0 Å². The lowest BCUT2D eigenvalue weighted by atomic mass is 9.76. The summed E-state index contributed by atoms with van der Waals surface area (Å²) in [4.78, 5) is 17.3. The van der Waals surface area contributed by atoms with E-state index in [0.29, 0.717) is 12.6 Å². The maximum absolute atomic E-state index is 12.9. The van der Waals surface area contributed by atoms with Crippen LogP contribution in [0.2, 0.25) is 0 Å². The molecule has 1 aromatic rings. The quantitative estimate of drug-likeness (QED) is 0.903. The molecule has 3 heterocycles. The fourth-order valence-electron chi connectivity index (χ4n) is 4.04. The van der Waals surface area contributed by atoms with Gasteiger partial charge in [-0.25, -0.2) is 0 Å². The lowest BCUT2D eigenvalue weighted by molar-refractivity contribution is -0.128. The molecule has 4 atom stereocenters. The number of hydrazone groups is 1. The molecule has 4 rings (SSSR count). The topological polar surface area (TPSA) is 66.8 Å². The summed E-state index contributed by atoms with van der Waals surface area (Å²) in [6.07, 6.45) is 7.62. The zero-order valence-electron chi connectivity index (χ0n) is 13.3. The van der Waals surface area contributed by atoms with E-state index < -0.39 is 0 Å². The SMILES string of the molecule is CN1N=CC2C(C(=O)NC3CCOc4cccnc43)CCCC21. The molecule has 0 saturated heterocycles. The second kappa shape index (κ2) is 5.83. The third kappa shape index (κ3) is 2.56. The van der Waals surface area contributed by atoms with Gasteiger partial charge >= 0.3 is 0 Å². The molecule has 0 spiro atoms. The number of nitrogens with zero attached hydrogens (tertiary/aromatic N) is 3. The normalized spacial score (nSPS) is 32.0. The van der Waals surface area contributed by atoms with Crippen LogP contribution in [0, 0.1) is 11.8 Å². The average molecular weight is 314 g/mol. The van der Waals surface area contributed by atoms with Crippen LogP contribution in [0.1, 0.15) is 37.4 Å². The van der Waals surface area contributed by atoms with Gasteiger partial charge in [0, 0.05) is 37.7 Å². The van der Waals surface area contributed by atoms with E-state index in [2.05, 4.69) is 15.4 Å². The molecular formula is C17H22N4O2. The van der Waals surface area contributed by atoms with Crippen molar-refractivity contribution in [3.05, 3.63) is 24.0 Å². The summed E-state index contributed by atoms with van der Waals surface area (Å²) in [6, 6.07) is 4.10. The van der Waals surface area contributed by atoms with Gasteiger partial charge < -0.3 is 10.1 Å². The first-order chi connectivity index (χ1) is 11.2. The smallest absolute Gasteiger partial charge is 0.224 e. The van der Waals surface area contributed by atoms with Gasteiger partial charge in [0.1, 0.15) is 11.4 Å². The van der Waals surface area contributed by atoms with Gasteiger partial charge in [-0.05, 0) is 25.0 Å². The average Bonchev–Trinajstić information content (AvgIpc) is 2.96. The van der Waals surface area contributed by atoms with Crippen molar-refractivity contribution in [2.75, 3.05) is 13.7 Å². The number of nitrogens with one attached hydrogen (secondary N) is 1. The predicted molar refractivity (Wildman–Crippen MR) is 86.1 cm³/mol. The minimum absolute atomic E-state index is 0.0115. The highest BCUT2D eigenvalue weighted by Crippen LogP contribution is 2.36. The fraction of sp³-hybridized carbons (Fsp3) is 0.588. The fourth-order valence-corrected chi connectivity index (χ4v) is 4.04. The van der Waals surface area contributed by atoms with Crippen LogP contribution < -0.4 is 10.1 Å². The standard InChI is InChI=1S/C17H22N4O2/c1-21-14-5-2-4-11(12(14)10-19-21)17(22)20-13-7-9-23-15-6-3-8-18-16(13)15/h3,6,8,10-14H,2,4-5,7,9H2,1H3,(H,20,22). The van der Waals surface area contributed by atoms with Crippen LogP contribution in [0.5, 0.6) is 5.75 Å². The minimum atomic E-state index is -0.0519. The Hall–Kier alpha value is -2.11. The number of ether oxygens (including phenoxy) is 1. The largest absolute Gasteiger partial charge is 0.491 e. The van der Waals surface area contributed by atoms with Gasteiger partial charge in [0.15, 0.2) is 0 Å². The zero-order chi connectivity index (χ0) is 15.8. The van der Waals surface area contributed by atoms with Crippen molar-refractivity contribution in [2.24, 2.45) is 16.9 Å². The van der Waals surface area contributed by atoms with Crippen LogP contribution in [0.3, 0.4) is 0 Å². The van der Waals surface area contributed by atoms with Gasteiger partial charge in [-0.2, -0.15) is 5.10 Å². The number of hydrogen-bond acceptors (Lipinski definition) is 5. The maximum Gasteiger partial charge on any atom is 0.224 e. The molecule has 1 aliphatic carbocycles. The number of fused-ring (bicyclic) bond motifs is 2. The Kier molecular flexibility index (Phi) is 3.67. The first-order valence-electron chi connectivity index (χ1n) is 8.39. The van der Waals surface area contributed by atoms with Gasteiger partial charge in [-0.15, -0.1) is 0 Å². The molecule has 3 aliphatic rings. The summed E-state index contributed by atoms with van der Waals surface area (Å²) < 4.78 is 5.62. The molecule has 1 fully saturated rings. The molecule has 0 aromatic carbocycles. The van der Waals surface area contributed by atoms with Crippen molar-refractivity contribution in [3.8, 4) is 5.75 Å². The molecule has 4 unspecified atom stereocenters. The summed E-state index contributed by atoms with van der Waals surface area (Å²) in [5.74, 6) is 1.16. The molecular weight excluding hydrogens is 292 g/mol. The molecule has 122 valence electrons. The molecule has 1 N–H and O–H groups in total. The van der Waals surface area contributed by atoms with Crippen molar-refractivity contribution >= 4 is 12.1 Å². The number of carbonyl (C=O) groups excluding carboxylic acids is 1. The molecule has 6 nitrogen and oxygen atoms in total. The van der Waals surface area contributed by atoms with Crippen LogP contribution >= 0.6 is 0 Å². The summed E-state index contributed by atoms with van der Waals surface area (Å²) >= 11 is 0. The van der Waals surface area contributed by atoms with E-state index in [1.807, 2.05) is 30.4 Å². The number of hydrogen-bond donors (Lipinski definition) is 1. The monoisotopic (exact) mass is 314 g/mol. The minimum Gasteiger partial charge on any atom is -0.491 e. The molecule has 0 radical (unpaired) electrons. The van der Waals surface area contributed by atoms with Gasteiger partial charge in [-0.3, -0.25) is 14.8 Å². The Morgan fingerprint density at radius 2 is 2.30 bits per heavy atom. The summed E-state index contributed by atoms with van der Waals surface area (Å²) in [5.41, 5.74) is 0.844. The number of pyridine rings is 1. The Morgan fingerprint density at radius 3 is 3.22 bits per heavy atom. The Labute approximate surface area is 135 Å². The second-order valence-electron chi connectivity index (χ2n) is 6.61. The lowest BCUT2D eigenvalue weighted by Crippen LogP contribution is -2.45. The first-order valence-corrected chi connectivity index (χ1v) is 8.39. The van der Waals surface area contributed by atoms with Crippen molar-refractivity contribution in [1.29, 1.82) is 0 Å². The highest BCUT2D eigenvalue weighted by atomic mass is 16.5. The van der Waals surface area contributed by atoms with Crippen molar-refractivity contribution < 1.29 is 9.53 Å². The van der Waals surface area contributed by atoms with E-state index in [4.69, 9.17) is 4.74 Å². The Balaban J connectivity index is 1.49. The van der Waals surface area contributed by atoms with Crippen molar-refractivity contribution in [1.82, 2.24) is 15.3 Å². The third-order valence-corrected chi connectivity index (χ3v) is 5.27. The third-order valence-electron chi connectivity index (χ3n) is 5.27.